The minimum absolute atomic E-state index is 0.258. The predicted molar refractivity (Wildman–Crippen MR) is 75.8 cm³/mol. The number of nitrogen functional groups attached to an aromatic ring is 1. The smallest absolute Gasteiger partial charge is 0.129 e. The van der Waals surface area contributed by atoms with Gasteiger partial charge in [-0.05, 0) is 24.0 Å². The van der Waals surface area contributed by atoms with E-state index < -0.39 is 0 Å². The van der Waals surface area contributed by atoms with Crippen molar-refractivity contribution in [2.24, 2.45) is 7.05 Å². The summed E-state index contributed by atoms with van der Waals surface area (Å²) in [6, 6.07) is 8.62. The molecule has 0 amide bonds. The summed E-state index contributed by atoms with van der Waals surface area (Å²) in [7, 11) is 3.62. The normalized spacial score (nSPS) is 16.5. The second-order valence-corrected chi connectivity index (χ2v) is 5.36. The maximum atomic E-state index is 6.00. The van der Waals surface area contributed by atoms with Gasteiger partial charge < -0.3 is 10.5 Å². The van der Waals surface area contributed by atoms with Crippen LogP contribution in [-0.2, 0) is 17.2 Å². The number of rotatable bonds is 4. The lowest BCUT2D eigenvalue weighted by atomic mass is 9.95. The number of anilines is 1. The van der Waals surface area contributed by atoms with E-state index in [-0.39, 0.29) is 5.41 Å². The van der Waals surface area contributed by atoms with Crippen molar-refractivity contribution in [3.05, 3.63) is 36.0 Å². The summed E-state index contributed by atoms with van der Waals surface area (Å²) in [6.45, 7) is 0.807. The molecule has 1 aliphatic rings. The molecule has 0 radical (unpaired) electrons. The predicted octanol–water partition coefficient (Wildman–Crippen LogP) is 2.35. The van der Waals surface area contributed by atoms with E-state index in [9.17, 15) is 0 Å². The number of ether oxygens (including phenoxy) is 1. The largest absolute Gasteiger partial charge is 0.384 e. The average Bonchev–Trinajstić information content (AvgIpc) is 3.13. The van der Waals surface area contributed by atoms with Crippen molar-refractivity contribution in [2.45, 2.75) is 18.3 Å². The van der Waals surface area contributed by atoms with E-state index >= 15 is 0 Å². The zero-order valence-electron chi connectivity index (χ0n) is 11.4. The van der Waals surface area contributed by atoms with Crippen molar-refractivity contribution in [3.8, 4) is 11.1 Å². The first kappa shape index (κ1) is 12.2. The molecule has 4 heteroatoms. The summed E-state index contributed by atoms with van der Waals surface area (Å²) in [5, 5.41) is 4.18. The third kappa shape index (κ3) is 2.02. The Morgan fingerprint density at radius 2 is 2.00 bits per heavy atom. The first-order chi connectivity index (χ1) is 9.16. The van der Waals surface area contributed by atoms with Gasteiger partial charge in [-0.1, -0.05) is 24.3 Å². The van der Waals surface area contributed by atoms with Gasteiger partial charge in [-0.3, -0.25) is 4.68 Å². The first-order valence-electron chi connectivity index (χ1n) is 6.54. The first-order valence-corrected chi connectivity index (χ1v) is 6.54. The highest BCUT2D eigenvalue weighted by Crippen LogP contribution is 2.48. The third-order valence-corrected chi connectivity index (χ3v) is 4.07. The number of nitrogens with two attached hydrogens (primary N) is 1. The van der Waals surface area contributed by atoms with E-state index in [0.717, 1.165) is 17.7 Å². The third-order valence-electron chi connectivity index (χ3n) is 4.07. The zero-order valence-corrected chi connectivity index (χ0v) is 11.4. The second-order valence-electron chi connectivity index (χ2n) is 5.36. The van der Waals surface area contributed by atoms with Crippen LogP contribution in [0, 0.1) is 0 Å². The van der Waals surface area contributed by atoms with Gasteiger partial charge in [0.1, 0.15) is 5.82 Å². The number of aryl methyl sites for hydroxylation is 1. The van der Waals surface area contributed by atoms with E-state index in [1.54, 1.807) is 11.8 Å². The number of benzene rings is 1. The number of hydrogen-bond acceptors (Lipinski definition) is 3. The monoisotopic (exact) mass is 257 g/mol. The van der Waals surface area contributed by atoms with Crippen LogP contribution in [0.25, 0.3) is 11.1 Å². The van der Waals surface area contributed by atoms with Crippen LogP contribution in [0.5, 0.6) is 0 Å². The summed E-state index contributed by atoms with van der Waals surface area (Å²) >= 11 is 0. The Morgan fingerprint density at radius 3 is 2.47 bits per heavy atom. The van der Waals surface area contributed by atoms with Crippen LogP contribution in [0.3, 0.4) is 0 Å². The van der Waals surface area contributed by atoms with E-state index in [1.165, 1.54) is 18.4 Å². The highest BCUT2D eigenvalue weighted by molar-refractivity contribution is 5.73. The lowest BCUT2D eigenvalue weighted by Gasteiger charge is -2.14. The minimum atomic E-state index is 0.258. The molecular weight excluding hydrogens is 238 g/mol. The van der Waals surface area contributed by atoms with Crippen molar-refractivity contribution in [3.63, 3.8) is 0 Å². The van der Waals surface area contributed by atoms with Gasteiger partial charge in [-0.15, -0.1) is 0 Å². The van der Waals surface area contributed by atoms with Crippen molar-refractivity contribution >= 4 is 5.82 Å². The second kappa shape index (κ2) is 4.38. The number of hydrogen-bond donors (Lipinski definition) is 1. The van der Waals surface area contributed by atoms with E-state index in [4.69, 9.17) is 10.5 Å². The van der Waals surface area contributed by atoms with Gasteiger partial charge in [-0.2, -0.15) is 5.10 Å². The standard InChI is InChI=1S/C15H19N3O/c1-18-14(16)13(9-17-18)11-3-5-12(6-4-11)15(7-8-15)10-19-2/h3-6,9H,7-8,10,16H2,1-2H3. The van der Waals surface area contributed by atoms with Crippen molar-refractivity contribution < 1.29 is 4.74 Å². The molecule has 1 aromatic carbocycles. The molecule has 0 saturated heterocycles. The maximum Gasteiger partial charge on any atom is 0.129 e. The van der Waals surface area contributed by atoms with Crippen molar-refractivity contribution in [1.29, 1.82) is 0 Å². The van der Waals surface area contributed by atoms with Crippen LogP contribution in [0.1, 0.15) is 18.4 Å². The molecular formula is C15H19N3O. The summed E-state index contributed by atoms with van der Waals surface area (Å²) < 4.78 is 7.02. The quantitative estimate of drug-likeness (QED) is 0.914. The maximum absolute atomic E-state index is 6.00. The molecule has 0 bridgehead atoms. The Labute approximate surface area is 113 Å². The molecule has 0 spiro atoms. The molecule has 1 saturated carbocycles. The lowest BCUT2D eigenvalue weighted by molar-refractivity contribution is 0.171. The van der Waals surface area contributed by atoms with Gasteiger partial charge in [0.05, 0.1) is 12.8 Å². The topological polar surface area (TPSA) is 53.1 Å². The summed E-state index contributed by atoms with van der Waals surface area (Å²) in [5.41, 5.74) is 9.72. The van der Waals surface area contributed by atoms with Crippen LogP contribution in [-0.4, -0.2) is 23.5 Å². The van der Waals surface area contributed by atoms with Crippen LogP contribution in [0.4, 0.5) is 5.82 Å². The molecule has 0 aliphatic heterocycles. The van der Waals surface area contributed by atoms with Crippen LogP contribution in [0.15, 0.2) is 30.5 Å². The molecule has 1 fully saturated rings. The molecule has 0 unspecified atom stereocenters. The highest BCUT2D eigenvalue weighted by Gasteiger charge is 2.44. The average molecular weight is 257 g/mol. The van der Waals surface area contributed by atoms with Crippen LogP contribution >= 0.6 is 0 Å². The Hall–Kier alpha value is -1.81. The molecule has 4 nitrogen and oxygen atoms in total. The molecule has 100 valence electrons. The SMILES string of the molecule is COCC1(c2ccc(-c3cnn(C)c3N)cc2)CC1. The van der Waals surface area contributed by atoms with Crippen molar-refractivity contribution in [1.82, 2.24) is 9.78 Å². The van der Waals surface area contributed by atoms with E-state index in [2.05, 4.69) is 29.4 Å². The zero-order chi connectivity index (χ0) is 13.5. The van der Waals surface area contributed by atoms with Gasteiger partial charge in [0.15, 0.2) is 0 Å². The van der Waals surface area contributed by atoms with Crippen LogP contribution in [0.2, 0.25) is 0 Å². The number of methoxy groups -OCH3 is 1. The van der Waals surface area contributed by atoms with E-state index in [0.29, 0.717) is 5.82 Å². The lowest BCUT2D eigenvalue weighted by Crippen LogP contribution is -2.13. The van der Waals surface area contributed by atoms with Gasteiger partial charge >= 0.3 is 0 Å². The molecule has 1 aromatic heterocycles. The molecule has 19 heavy (non-hydrogen) atoms. The molecule has 1 heterocycles. The van der Waals surface area contributed by atoms with Crippen molar-refractivity contribution in [2.75, 3.05) is 19.5 Å². The summed E-state index contributed by atoms with van der Waals surface area (Å²) in [6.07, 6.45) is 4.25. The Kier molecular flexibility index (Phi) is 2.82. The van der Waals surface area contributed by atoms with Gasteiger partial charge in [-0.25, -0.2) is 0 Å². The van der Waals surface area contributed by atoms with Gasteiger partial charge in [0, 0.05) is 25.1 Å². The fourth-order valence-electron chi connectivity index (χ4n) is 2.62. The minimum Gasteiger partial charge on any atom is -0.384 e. The summed E-state index contributed by atoms with van der Waals surface area (Å²) in [5.74, 6) is 0.700. The fraction of sp³-hybridized carbons (Fsp3) is 0.400. The van der Waals surface area contributed by atoms with Gasteiger partial charge in [0.25, 0.3) is 0 Å². The molecule has 3 rings (SSSR count). The number of nitrogens with zero attached hydrogens (tertiary/aromatic N) is 2. The number of aromatic nitrogens is 2. The van der Waals surface area contributed by atoms with Crippen LogP contribution < -0.4 is 5.73 Å². The molecule has 2 N–H and O–H groups in total. The Morgan fingerprint density at radius 1 is 1.32 bits per heavy atom. The fourth-order valence-corrected chi connectivity index (χ4v) is 2.62. The molecule has 0 atom stereocenters. The summed E-state index contributed by atoms with van der Waals surface area (Å²) in [4.78, 5) is 0. The molecule has 1 aliphatic carbocycles. The Bertz CT molecular complexity index is 582. The Balaban J connectivity index is 1.89. The molecule has 2 aromatic rings. The van der Waals surface area contributed by atoms with Gasteiger partial charge in [0.2, 0.25) is 0 Å². The van der Waals surface area contributed by atoms with E-state index in [1.807, 2.05) is 13.2 Å². The highest BCUT2D eigenvalue weighted by atomic mass is 16.5.